The van der Waals surface area contributed by atoms with Gasteiger partial charge in [-0.15, -0.1) is 12.4 Å². The summed E-state index contributed by atoms with van der Waals surface area (Å²) in [5, 5.41) is 0. The molecule has 2 bridgehead atoms. The molecule has 4 nitrogen and oxygen atoms in total. The van der Waals surface area contributed by atoms with Crippen LogP contribution < -0.4 is 4.74 Å². The van der Waals surface area contributed by atoms with E-state index in [2.05, 4.69) is 22.8 Å². The Hall–Kier alpha value is -2.22. The first kappa shape index (κ1) is 18.2. The Morgan fingerprint density at radius 3 is 2.96 bits per heavy atom. The summed E-state index contributed by atoms with van der Waals surface area (Å²) in [4.78, 5) is 14.6. The number of carbonyl (C=O) groups excluding carboxylic acids is 1. The van der Waals surface area contributed by atoms with Crippen molar-refractivity contribution in [1.82, 2.24) is 4.90 Å². The second-order valence-corrected chi connectivity index (χ2v) is 7.37. The molecule has 5 rings (SSSR count). The molecule has 27 heavy (non-hydrogen) atoms. The molecule has 3 atom stereocenters. The fourth-order valence-corrected chi connectivity index (χ4v) is 4.94. The lowest BCUT2D eigenvalue weighted by Gasteiger charge is -2.38. The highest BCUT2D eigenvalue weighted by Gasteiger charge is 2.61. The molecule has 0 N–H and O–H groups in total. The Morgan fingerprint density at radius 1 is 1.26 bits per heavy atom. The predicted octanol–water partition coefficient (Wildman–Crippen LogP) is 3.28. The monoisotopic (exact) mass is 383 g/mol. The number of benzene rings is 1. The molecule has 0 saturated carbocycles. The Bertz CT molecular complexity index is 867. The standard InChI is InChI=1S/C22H21NO3.ClH/c24-21-14-19-16(7-6-12-25-18-8-2-1-3-9-18)13-17-15-22(19,26-21)20-10-4-5-11-23(17)20;/h1-3,8-9,13-14,17,20H,4-5,10-12,15H2;1H/t17-,20-,22+;/m1./s1. The number of esters is 1. The van der Waals surface area contributed by atoms with Crippen molar-refractivity contribution in [3.8, 4) is 17.6 Å². The van der Waals surface area contributed by atoms with Gasteiger partial charge < -0.3 is 9.47 Å². The van der Waals surface area contributed by atoms with Crippen molar-refractivity contribution in [3.05, 3.63) is 53.6 Å². The zero-order valence-electron chi connectivity index (χ0n) is 15.0. The summed E-state index contributed by atoms with van der Waals surface area (Å²) in [6.07, 6.45) is 8.27. The Morgan fingerprint density at radius 2 is 2.11 bits per heavy atom. The molecular formula is C22H22ClNO3. The average molecular weight is 384 g/mol. The molecule has 1 aliphatic carbocycles. The van der Waals surface area contributed by atoms with Crippen LogP contribution in [0.15, 0.2) is 53.6 Å². The maximum Gasteiger partial charge on any atom is 0.332 e. The van der Waals surface area contributed by atoms with Gasteiger partial charge in [0.2, 0.25) is 0 Å². The summed E-state index contributed by atoms with van der Waals surface area (Å²) in [5.41, 5.74) is 1.46. The van der Waals surface area contributed by atoms with Crippen LogP contribution >= 0.6 is 12.4 Å². The SMILES string of the molecule is Cl.O=C1C=C2C(C#CCOc3ccccc3)=C[C@@H]3C[C@@]2(O1)[C@H]1CCCCN31. The number of ether oxygens (including phenoxy) is 2. The van der Waals surface area contributed by atoms with Crippen LogP contribution in [0.4, 0.5) is 0 Å². The second-order valence-electron chi connectivity index (χ2n) is 7.37. The van der Waals surface area contributed by atoms with Crippen LogP contribution in [0.25, 0.3) is 0 Å². The van der Waals surface area contributed by atoms with Crippen LogP contribution in [0.2, 0.25) is 0 Å². The average Bonchev–Trinajstić information content (AvgIpc) is 3.15. The Kier molecular flexibility index (Phi) is 4.75. The zero-order valence-corrected chi connectivity index (χ0v) is 15.8. The summed E-state index contributed by atoms with van der Waals surface area (Å²) in [6, 6.07) is 10.3. The van der Waals surface area contributed by atoms with E-state index in [-0.39, 0.29) is 18.4 Å². The number of fused-ring (bicyclic) bond motifs is 3. The summed E-state index contributed by atoms with van der Waals surface area (Å²) in [5.74, 6) is 6.95. The number of carbonyl (C=O) groups is 1. The lowest BCUT2D eigenvalue weighted by molar-refractivity contribution is -0.148. The molecule has 4 aliphatic rings. The fourth-order valence-electron chi connectivity index (χ4n) is 4.94. The van der Waals surface area contributed by atoms with E-state index in [0.717, 1.165) is 36.3 Å². The van der Waals surface area contributed by atoms with Crippen molar-refractivity contribution in [2.45, 2.75) is 43.4 Å². The molecule has 140 valence electrons. The molecule has 1 spiro atoms. The number of hydrogen-bond donors (Lipinski definition) is 0. The highest BCUT2D eigenvalue weighted by atomic mass is 35.5. The van der Waals surface area contributed by atoms with E-state index in [4.69, 9.17) is 9.47 Å². The van der Waals surface area contributed by atoms with Crippen molar-refractivity contribution in [1.29, 1.82) is 0 Å². The predicted molar refractivity (Wildman–Crippen MR) is 105 cm³/mol. The van der Waals surface area contributed by atoms with Gasteiger partial charge in [0.25, 0.3) is 0 Å². The number of nitrogens with zero attached hydrogens (tertiary/aromatic N) is 1. The zero-order chi connectivity index (χ0) is 17.6. The van der Waals surface area contributed by atoms with Crippen LogP contribution in [0.1, 0.15) is 25.7 Å². The lowest BCUT2D eigenvalue weighted by Crippen LogP contribution is -2.48. The van der Waals surface area contributed by atoms with E-state index in [1.807, 2.05) is 30.3 Å². The molecule has 2 fully saturated rings. The van der Waals surface area contributed by atoms with Crippen LogP contribution in [0, 0.1) is 11.8 Å². The molecule has 1 aromatic carbocycles. The van der Waals surface area contributed by atoms with Gasteiger partial charge in [-0.2, -0.15) is 0 Å². The third kappa shape index (κ3) is 2.96. The van der Waals surface area contributed by atoms with E-state index in [1.165, 1.54) is 12.8 Å². The minimum absolute atomic E-state index is 0. The van der Waals surface area contributed by atoms with Gasteiger partial charge in [0, 0.05) is 29.7 Å². The normalized spacial score (nSPS) is 30.6. The minimum Gasteiger partial charge on any atom is -0.481 e. The van der Waals surface area contributed by atoms with Gasteiger partial charge in [0.15, 0.2) is 5.60 Å². The summed E-state index contributed by atoms with van der Waals surface area (Å²) in [6.45, 7) is 1.41. The Labute approximate surface area is 165 Å². The van der Waals surface area contributed by atoms with Gasteiger partial charge in [-0.3, -0.25) is 4.90 Å². The fraction of sp³-hybridized carbons (Fsp3) is 0.409. The van der Waals surface area contributed by atoms with E-state index in [1.54, 1.807) is 6.08 Å². The summed E-state index contributed by atoms with van der Waals surface area (Å²) < 4.78 is 11.6. The molecule has 0 unspecified atom stereocenters. The first-order chi connectivity index (χ1) is 12.8. The molecule has 2 saturated heterocycles. The molecule has 0 aromatic heterocycles. The number of para-hydroxylation sites is 1. The lowest BCUT2D eigenvalue weighted by atomic mass is 9.77. The molecule has 5 heteroatoms. The summed E-state index contributed by atoms with van der Waals surface area (Å²) >= 11 is 0. The first-order valence-electron chi connectivity index (χ1n) is 9.36. The largest absolute Gasteiger partial charge is 0.481 e. The second kappa shape index (κ2) is 7.07. The van der Waals surface area contributed by atoms with Crippen molar-refractivity contribution in [2.24, 2.45) is 0 Å². The van der Waals surface area contributed by atoms with Crippen LogP contribution in [-0.4, -0.2) is 41.7 Å². The van der Waals surface area contributed by atoms with E-state index < -0.39 is 5.60 Å². The number of piperidine rings is 1. The minimum atomic E-state index is -0.471. The van der Waals surface area contributed by atoms with Crippen LogP contribution in [-0.2, 0) is 9.53 Å². The number of hydrogen-bond acceptors (Lipinski definition) is 4. The third-order valence-electron chi connectivity index (χ3n) is 5.95. The van der Waals surface area contributed by atoms with Gasteiger partial charge >= 0.3 is 5.97 Å². The van der Waals surface area contributed by atoms with Gasteiger partial charge in [-0.1, -0.05) is 42.5 Å². The van der Waals surface area contributed by atoms with Crippen molar-refractivity contribution >= 4 is 18.4 Å². The van der Waals surface area contributed by atoms with Gasteiger partial charge in [-0.05, 0) is 31.5 Å². The van der Waals surface area contributed by atoms with E-state index >= 15 is 0 Å². The number of halogens is 1. The first-order valence-corrected chi connectivity index (χ1v) is 9.36. The van der Waals surface area contributed by atoms with Crippen LogP contribution in [0.5, 0.6) is 5.75 Å². The maximum atomic E-state index is 12.1. The molecule has 0 amide bonds. The van der Waals surface area contributed by atoms with Crippen molar-refractivity contribution in [2.75, 3.05) is 13.2 Å². The van der Waals surface area contributed by atoms with Gasteiger partial charge in [-0.25, -0.2) is 4.79 Å². The van der Waals surface area contributed by atoms with Crippen molar-refractivity contribution in [3.63, 3.8) is 0 Å². The molecule has 1 aromatic rings. The summed E-state index contributed by atoms with van der Waals surface area (Å²) in [7, 11) is 0. The van der Waals surface area contributed by atoms with E-state index in [0.29, 0.717) is 18.7 Å². The highest BCUT2D eigenvalue weighted by Crippen LogP contribution is 2.53. The molecule has 0 radical (unpaired) electrons. The Balaban J connectivity index is 0.00000180. The van der Waals surface area contributed by atoms with Crippen LogP contribution in [0.3, 0.4) is 0 Å². The van der Waals surface area contributed by atoms with Crippen molar-refractivity contribution < 1.29 is 14.3 Å². The van der Waals surface area contributed by atoms with Gasteiger partial charge in [0.05, 0.1) is 6.04 Å². The molecule has 3 aliphatic heterocycles. The smallest absolute Gasteiger partial charge is 0.332 e. The molecule has 3 heterocycles. The molecular weight excluding hydrogens is 362 g/mol. The van der Waals surface area contributed by atoms with Gasteiger partial charge in [0.1, 0.15) is 12.4 Å². The highest BCUT2D eigenvalue weighted by molar-refractivity contribution is 5.90. The topological polar surface area (TPSA) is 38.8 Å². The quantitative estimate of drug-likeness (QED) is 0.580. The third-order valence-corrected chi connectivity index (χ3v) is 5.95. The number of rotatable bonds is 2. The maximum absolute atomic E-state index is 12.1. The van der Waals surface area contributed by atoms with E-state index in [9.17, 15) is 4.79 Å².